The highest BCUT2D eigenvalue weighted by Crippen LogP contribution is 2.32. The maximum absolute atomic E-state index is 11.4. The first-order chi connectivity index (χ1) is 7.77. The molecular formula is C15H20O. The first kappa shape index (κ1) is 11.4. The molecule has 86 valence electrons. The van der Waals surface area contributed by atoms with Crippen molar-refractivity contribution in [3.63, 3.8) is 0 Å². The van der Waals surface area contributed by atoms with Gasteiger partial charge in [0, 0.05) is 12.3 Å². The minimum absolute atomic E-state index is 0.316. The highest BCUT2D eigenvalue weighted by Gasteiger charge is 2.29. The zero-order valence-electron chi connectivity index (χ0n) is 9.99. The van der Waals surface area contributed by atoms with Crippen molar-refractivity contribution in [2.75, 3.05) is 0 Å². The van der Waals surface area contributed by atoms with Gasteiger partial charge in [0.05, 0.1) is 0 Å². The quantitative estimate of drug-likeness (QED) is 0.751. The first-order valence-electron chi connectivity index (χ1n) is 6.34. The van der Waals surface area contributed by atoms with Gasteiger partial charge in [-0.2, -0.15) is 0 Å². The van der Waals surface area contributed by atoms with Crippen LogP contribution in [0, 0.1) is 11.8 Å². The Bertz CT molecular complexity index is 342. The fourth-order valence-electron chi connectivity index (χ4n) is 2.68. The number of carbonyl (C=O) groups is 1. The molecule has 2 atom stereocenters. The Balaban J connectivity index is 1.75. The summed E-state index contributed by atoms with van der Waals surface area (Å²) in [5.41, 5.74) is 1.42. The second-order valence-electron chi connectivity index (χ2n) is 4.93. The van der Waals surface area contributed by atoms with E-state index in [0.29, 0.717) is 17.6 Å². The number of Topliss-reactive ketones (excluding diaryl/α,β-unsaturated/α-hetero) is 1. The third-order valence-electron chi connectivity index (χ3n) is 3.86. The second-order valence-corrected chi connectivity index (χ2v) is 4.93. The van der Waals surface area contributed by atoms with Gasteiger partial charge in [-0.15, -0.1) is 0 Å². The summed E-state index contributed by atoms with van der Waals surface area (Å²) in [7, 11) is 0. The minimum Gasteiger partial charge on any atom is -0.299 e. The lowest BCUT2D eigenvalue weighted by Gasteiger charge is -2.13. The van der Waals surface area contributed by atoms with E-state index in [1.807, 2.05) is 0 Å². The van der Waals surface area contributed by atoms with Gasteiger partial charge in [0.2, 0.25) is 0 Å². The van der Waals surface area contributed by atoms with E-state index < -0.39 is 0 Å². The van der Waals surface area contributed by atoms with Gasteiger partial charge in [-0.05, 0) is 37.2 Å². The predicted molar refractivity (Wildman–Crippen MR) is 66.3 cm³/mol. The van der Waals surface area contributed by atoms with Gasteiger partial charge in [-0.25, -0.2) is 0 Å². The molecule has 1 aromatic rings. The predicted octanol–water partition coefficient (Wildman–Crippen LogP) is 3.62. The van der Waals surface area contributed by atoms with E-state index in [1.54, 1.807) is 0 Å². The number of hydrogen-bond acceptors (Lipinski definition) is 1. The zero-order valence-corrected chi connectivity index (χ0v) is 9.99. The van der Waals surface area contributed by atoms with Gasteiger partial charge in [0.1, 0.15) is 5.78 Å². The summed E-state index contributed by atoms with van der Waals surface area (Å²) in [5.74, 6) is 1.44. The van der Waals surface area contributed by atoms with Crippen LogP contribution in [-0.4, -0.2) is 5.78 Å². The largest absolute Gasteiger partial charge is 0.299 e. The summed E-state index contributed by atoms with van der Waals surface area (Å²) in [6.07, 6.45) is 5.51. The molecule has 1 heteroatoms. The highest BCUT2D eigenvalue weighted by atomic mass is 16.1. The fraction of sp³-hybridized carbons (Fsp3) is 0.533. The Morgan fingerprint density at radius 1 is 1.25 bits per heavy atom. The van der Waals surface area contributed by atoms with Crippen molar-refractivity contribution in [1.29, 1.82) is 0 Å². The molecule has 0 saturated heterocycles. The monoisotopic (exact) mass is 216 g/mol. The van der Waals surface area contributed by atoms with Crippen LogP contribution in [0.3, 0.4) is 0 Å². The highest BCUT2D eigenvalue weighted by molar-refractivity contribution is 5.82. The van der Waals surface area contributed by atoms with Crippen molar-refractivity contribution in [2.24, 2.45) is 11.8 Å². The van der Waals surface area contributed by atoms with E-state index in [-0.39, 0.29) is 0 Å². The summed E-state index contributed by atoms with van der Waals surface area (Å²) in [5, 5.41) is 0. The number of ketones is 1. The first-order valence-corrected chi connectivity index (χ1v) is 6.34. The standard InChI is InChI=1S/C15H20O/c1-12-14(10-11-15(12)16)9-5-8-13-6-3-2-4-7-13/h2-4,6-7,12,14H,5,8-11H2,1H3. The summed E-state index contributed by atoms with van der Waals surface area (Å²) in [4.78, 5) is 11.4. The summed E-state index contributed by atoms with van der Waals surface area (Å²) < 4.78 is 0. The third kappa shape index (κ3) is 2.72. The molecule has 1 saturated carbocycles. The number of carbonyl (C=O) groups excluding carboxylic acids is 1. The lowest BCUT2D eigenvalue weighted by atomic mass is 9.91. The number of rotatable bonds is 4. The molecule has 0 heterocycles. The molecule has 1 nitrogen and oxygen atoms in total. The number of benzene rings is 1. The molecule has 0 aromatic heterocycles. The molecule has 0 bridgehead atoms. The van der Waals surface area contributed by atoms with Crippen LogP contribution in [-0.2, 0) is 11.2 Å². The van der Waals surface area contributed by atoms with Gasteiger partial charge in [0.25, 0.3) is 0 Å². The molecule has 1 aliphatic rings. The molecular weight excluding hydrogens is 196 g/mol. The van der Waals surface area contributed by atoms with Crippen LogP contribution in [0.4, 0.5) is 0 Å². The van der Waals surface area contributed by atoms with Crippen LogP contribution in [0.25, 0.3) is 0 Å². The van der Waals surface area contributed by atoms with Crippen LogP contribution in [0.15, 0.2) is 30.3 Å². The van der Waals surface area contributed by atoms with Crippen molar-refractivity contribution in [2.45, 2.75) is 39.0 Å². The van der Waals surface area contributed by atoms with E-state index in [4.69, 9.17) is 0 Å². The van der Waals surface area contributed by atoms with Crippen LogP contribution in [0.1, 0.15) is 38.2 Å². The van der Waals surface area contributed by atoms with Crippen LogP contribution < -0.4 is 0 Å². The number of aryl methyl sites for hydroxylation is 1. The van der Waals surface area contributed by atoms with Crippen molar-refractivity contribution in [1.82, 2.24) is 0 Å². The minimum atomic E-state index is 0.316. The van der Waals surface area contributed by atoms with Gasteiger partial charge in [0.15, 0.2) is 0 Å². The van der Waals surface area contributed by atoms with Gasteiger partial charge in [-0.3, -0.25) is 4.79 Å². The van der Waals surface area contributed by atoms with Gasteiger partial charge < -0.3 is 0 Å². The maximum Gasteiger partial charge on any atom is 0.135 e. The average molecular weight is 216 g/mol. The second kappa shape index (κ2) is 5.29. The molecule has 0 radical (unpaired) electrons. The number of hydrogen-bond donors (Lipinski definition) is 0. The Labute approximate surface area is 97.9 Å². The average Bonchev–Trinajstić information content (AvgIpc) is 2.62. The summed E-state index contributed by atoms with van der Waals surface area (Å²) in [6.45, 7) is 2.10. The molecule has 1 fully saturated rings. The SMILES string of the molecule is CC1C(=O)CCC1CCCc1ccccc1. The molecule has 0 spiro atoms. The van der Waals surface area contributed by atoms with E-state index in [9.17, 15) is 4.79 Å². The lowest BCUT2D eigenvalue weighted by molar-refractivity contribution is -0.120. The molecule has 1 aromatic carbocycles. The lowest BCUT2D eigenvalue weighted by Crippen LogP contribution is -2.10. The fourth-order valence-corrected chi connectivity index (χ4v) is 2.68. The Kier molecular flexibility index (Phi) is 3.76. The van der Waals surface area contributed by atoms with E-state index in [1.165, 1.54) is 18.4 Å². The molecule has 2 rings (SSSR count). The normalized spacial score (nSPS) is 24.9. The maximum atomic E-state index is 11.4. The van der Waals surface area contributed by atoms with Crippen LogP contribution in [0.5, 0.6) is 0 Å². The Morgan fingerprint density at radius 3 is 2.62 bits per heavy atom. The summed E-state index contributed by atoms with van der Waals surface area (Å²) >= 11 is 0. The topological polar surface area (TPSA) is 17.1 Å². The molecule has 2 unspecified atom stereocenters. The molecule has 16 heavy (non-hydrogen) atoms. The zero-order chi connectivity index (χ0) is 11.4. The summed E-state index contributed by atoms with van der Waals surface area (Å²) in [6, 6.07) is 10.6. The Hall–Kier alpha value is -1.11. The molecule has 0 amide bonds. The van der Waals surface area contributed by atoms with E-state index >= 15 is 0 Å². The van der Waals surface area contributed by atoms with Crippen LogP contribution >= 0.6 is 0 Å². The van der Waals surface area contributed by atoms with E-state index in [2.05, 4.69) is 37.3 Å². The molecule has 1 aliphatic carbocycles. The molecule has 0 aliphatic heterocycles. The van der Waals surface area contributed by atoms with Gasteiger partial charge >= 0.3 is 0 Å². The Morgan fingerprint density at radius 2 is 2.00 bits per heavy atom. The van der Waals surface area contributed by atoms with E-state index in [0.717, 1.165) is 19.3 Å². The van der Waals surface area contributed by atoms with Crippen LogP contribution in [0.2, 0.25) is 0 Å². The van der Waals surface area contributed by atoms with Crippen molar-refractivity contribution >= 4 is 5.78 Å². The smallest absolute Gasteiger partial charge is 0.135 e. The molecule has 0 N–H and O–H groups in total. The van der Waals surface area contributed by atoms with Gasteiger partial charge in [-0.1, -0.05) is 37.3 Å². The third-order valence-corrected chi connectivity index (χ3v) is 3.86. The van der Waals surface area contributed by atoms with Crippen molar-refractivity contribution in [3.05, 3.63) is 35.9 Å². The van der Waals surface area contributed by atoms with Crippen molar-refractivity contribution < 1.29 is 4.79 Å². The van der Waals surface area contributed by atoms with Crippen molar-refractivity contribution in [3.8, 4) is 0 Å².